The summed E-state index contributed by atoms with van der Waals surface area (Å²) in [5, 5.41) is 0. The standard InChI is InChI=1S/C20H31N3O3S.ClH/c1-14-11-15(2)19(16(3)12-14)27(25,26)22-9-6-17(7-10-22)20(24)23-8-4-5-18(23)13-21;/h11-12,17-18H,4-10,13,21H2,1-3H3;1H. The van der Waals surface area contributed by atoms with Crippen molar-refractivity contribution in [2.45, 2.75) is 57.4 Å². The number of amides is 1. The highest BCUT2D eigenvalue weighted by atomic mass is 35.5. The number of hydrogen-bond donors (Lipinski definition) is 1. The molecule has 2 N–H and O–H groups in total. The number of carbonyl (C=O) groups is 1. The van der Waals surface area contributed by atoms with Crippen molar-refractivity contribution in [2.24, 2.45) is 11.7 Å². The van der Waals surface area contributed by atoms with Gasteiger partial charge in [-0.15, -0.1) is 12.4 Å². The number of halogens is 1. The highest BCUT2D eigenvalue weighted by molar-refractivity contribution is 7.89. The molecule has 0 aliphatic carbocycles. The normalized spacial score (nSPS) is 21.6. The molecule has 1 unspecified atom stereocenters. The lowest BCUT2D eigenvalue weighted by molar-refractivity contribution is -0.137. The summed E-state index contributed by atoms with van der Waals surface area (Å²) in [6, 6.07) is 3.98. The molecule has 0 aromatic heterocycles. The van der Waals surface area contributed by atoms with Gasteiger partial charge < -0.3 is 10.6 Å². The minimum atomic E-state index is -3.54. The predicted octanol–water partition coefficient (Wildman–Crippen LogP) is 2.38. The predicted molar refractivity (Wildman–Crippen MR) is 113 cm³/mol. The Bertz CT molecular complexity index is 797. The second-order valence-corrected chi connectivity index (χ2v) is 9.84. The Morgan fingerprint density at radius 3 is 2.18 bits per heavy atom. The Balaban J connectivity index is 0.00000280. The van der Waals surface area contributed by atoms with Crippen molar-refractivity contribution >= 4 is 28.3 Å². The number of likely N-dealkylation sites (tertiary alicyclic amines) is 1. The molecule has 1 aromatic rings. The maximum atomic E-state index is 13.2. The third-order valence-corrected chi connectivity index (χ3v) is 8.14. The van der Waals surface area contributed by atoms with Crippen LogP contribution >= 0.6 is 12.4 Å². The summed E-state index contributed by atoms with van der Waals surface area (Å²) in [4.78, 5) is 15.2. The van der Waals surface area contributed by atoms with Gasteiger partial charge in [-0.25, -0.2) is 8.42 Å². The van der Waals surface area contributed by atoms with Crippen LogP contribution in [0, 0.1) is 26.7 Å². The molecule has 0 spiro atoms. The molecule has 1 atom stereocenters. The van der Waals surface area contributed by atoms with Gasteiger partial charge in [0, 0.05) is 38.1 Å². The van der Waals surface area contributed by atoms with Gasteiger partial charge in [0.2, 0.25) is 15.9 Å². The van der Waals surface area contributed by atoms with Crippen LogP contribution in [0.5, 0.6) is 0 Å². The Kier molecular flexibility index (Phi) is 7.53. The molecule has 2 fully saturated rings. The van der Waals surface area contributed by atoms with E-state index in [2.05, 4.69) is 0 Å². The highest BCUT2D eigenvalue weighted by Gasteiger charge is 2.37. The fourth-order valence-electron chi connectivity index (χ4n) is 4.65. The van der Waals surface area contributed by atoms with Crippen LogP contribution < -0.4 is 5.73 Å². The molecule has 8 heteroatoms. The van der Waals surface area contributed by atoms with Crippen molar-refractivity contribution in [2.75, 3.05) is 26.2 Å². The van der Waals surface area contributed by atoms with Gasteiger partial charge >= 0.3 is 0 Å². The van der Waals surface area contributed by atoms with Crippen molar-refractivity contribution in [3.05, 3.63) is 28.8 Å². The Morgan fingerprint density at radius 2 is 1.64 bits per heavy atom. The molecular weight excluding hydrogens is 398 g/mol. The summed E-state index contributed by atoms with van der Waals surface area (Å²) in [6.07, 6.45) is 3.14. The Hall–Kier alpha value is -1.15. The van der Waals surface area contributed by atoms with Crippen LogP contribution in [0.4, 0.5) is 0 Å². The monoisotopic (exact) mass is 429 g/mol. The first-order valence-corrected chi connectivity index (χ1v) is 11.3. The lowest BCUT2D eigenvalue weighted by Gasteiger charge is -2.34. The van der Waals surface area contributed by atoms with E-state index in [4.69, 9.17) is 5.73 Å². The van der Waals surface area contributed by atoms with Crippen molar-refractivity contribution in [1.82, 2.24) is 9.21 Å². The molecular formula is C20H32ClN3O3S. The van der Waals surface area contributed by atoms with Gasteiger partial charge in [0.1, 0.15) is 0 Å². The van der Waals surface area contributed by atoms with E-state index in [1.807, 2.05) is 37.8 Å². The van der Waals surface area contributed by atoms with E-state index in [1.54, 1.807) is 4.31 Å². The van der Waals surface area contributed by atoms with Crippen molar-refractivity contribution in [3.63, 3.8) is 0 Å². The SMILES string of the molecule is Cc1cc(C)c(S(=O)(=O)N2CCC(C(=O)N3CCCC3CN)CC2)c(C)c1.Cl. The molecule has 28 heavy (non-hydrogen) atoms. The minimum absolute atomic E-state index is 0. The van der Waals surface area contributed by atoms with E-state index in [0.717, 1.165) is 36.1 Å². The number of benzene rings is 1. The van der Waals surface area contributed by atoms with Gasteiger partial charge in [-0.1, -0.05) is 17.7 Å². The number of nitrogens with zero attached hydrogens (tertiary/aromatic N) is 2. The second kappa shape index (κ2) is 9.11. The third-order valence-electron chi connectivity index (χ3n) is 5.94. The summed E-state index contributed by atoms with van der Waals surface area (Å²) >= 11 is 0. The van der Waals surface area contributed by atoms with Crippen LogP contribution in [0.1, 0.15) is 42.4 Å². The van der Waals surface area contributed by atoms with Crippen LogP contribution in [0.25, 0.3) is 0 Å². The molecule has 1 amide bonds. The molecule has 0 saturated carbocycles. The molecule has 6 nitrogen and oxygen atoms in total. The average Bonchev–Trinajstić information content (AvgIpc) is 3.08. The van der Waals surface area contributed by atoms with Gasteiger partial charge in [-0.05, 0) is 57.6 Å². The fraction of sp³-hybridized carbons (Fsp3) is 0.650. The van der Waals surface area contributed by atoms with E-state index in [9.17, 15) is 13.2 Å². The maximum absolute atomic E-state index is 13.2. The van der Waals surface area contributed by atoms with Crippen molar-refractivity contribution in [1.29, 1.82) is 0 Å². The number of sulfonamides is 1. The summed E-state index contributed by atoms with van der Waals surface area (Å²) in [6.45, 7) is 7.75. The van der Waals surface area contributed by atoms with Crippen LogP contribution in [0.15, 0.2) is 17.0 Å². The molecule has 0 bridgehead atoms. The van der Waals surface area contributed by atoms with E-state index in [1.165, 1.54) is 0 Å². The average molecular weight is 430 g/mol. The number of aryl methyl sites for hydroxylation is 3. The molecule has 158 valence electrons. The summed E-state index contributed by atoms with van der Waals surface area (Å²) in [5.41, 5.74) is 8.43. The van der Waals surface area contributed by atoms with Crippen molar-refractivity contribution < 1.29 is 13.2 Å². The molecule has 3 rings (SSSR count). The third kappa shape index (κ3) is 4.37. The molecule has 0 radical (unpaired) electrons. The smallest absolute Gasteiger partial charge is 0.243 e. The van der Waals surface area contributed by atoms with Gasteiger partial charge in [-0.3, -0.25) is 4.79 Å². The quantitative estimate of drug-likeness (QED) is 0.796. The largest absolute Gasteiger partial charge is 0.338 e. The Labute approximate surface area is 174 Å². The van der Waals surface area contributed by atoms with Gasteiger partial charge in [0.25, 0.3) is 0 Å². The van der Waals surface area contributed by atoms with Crippen molar-refractivity contribution in [3.8, 4) is 0 Å². The summed E-state index contributed by atoms with van der Waals surface area (Å²) in [7, 11) is -3.54. The zero-order valence-electron chi connectivity index (χ0n) is 17.0. The number of hydrogen-bond acceptors (Lipinski definition) is 4. The molecule has 2 heterocycles. The minimum Gasteiger partial charge on any atom is -0.338 e. The highest BCUT2D eigenvalue weighted by Crippen LogP contribution is 2.30. The van der Waals surface area contributed by atoms with Gasteiger partial charge in [0.05, 0.1) is 4.90 Å². The molecule has 2 saturated heterocycles. The summed E-state index contributed by atoms with van der Waals surface area (Å²) in [5.74, 6) is 0.0616. The summed E-state index contributed by atoms with van der Waals surface area (Å²) < 4.78 is 27.9. The first-order valence-electron chi connectivity index (χ1n) is 9.84. The van der Waals surface area contributed by atoms with E-state index in [-0.39, 0.29) is 30.3 Å². The fourth-order valence-corrected chi connectivity index (χ4v) is 6.53. The number of nitrogens with two attached hydrogens (primary N) is 1. The van der Waals surface area contributed by atoms with E-state index in [0.29, 0.717) is 37.4 Å². The zero-order chi connectivity index (χ0) is 19.8. The van der Waals surface area contributed by atoms with Crippen LogP contribution in [-0.2, 0) is 14.8 Å². The lowest BCUT2D eigenvalue weighted by Crippen LogP contribution is -2.47. The number of rotatable bonds is 4. The van der Waals surface area contributed by atoms with Crippen LogP contribution in [0.3, 0.4) is 0 Å². The van der Waals surface area contributed by atoms with E-state index < -0.39 is 10.0 Å². The number of piperidine rings is 1. The zero-order valence-corrected chi connectivity index (χ0v) is 18.6. The Morgan fingerprint density at radius 1 is 1.07 bits per heavy atom. The molecule has 1 aromatic carbocycles. The lowest BCUT2D eigenvalue weighted by atomic mass is 9.96. The second-order valence-electron chi connectivity index (χ2n) is 7.97. The van der Waals surface area contributed by atoms with E-state index >= 15 is 0 Å². The van der Waals surface area contributed by atoms with Gasteiger partial charge in [-0.2, -0.15) is 4.31 Å². The van der Waals surface area contributed by atoms with Crippen LogP contribution in [0.2, 0.25) is 0 Å². The first-order chi connectivity index (χ1) is 12.8. The van der Waals surface area contributed by atoms with Crippen LogP contribution in [-0.4, -0.2) is 55.8 Å². The maximum Gasteiger partial charge on any atom is 0.243 e. The molecule has 2 aliphatic rings. The first kappa shape index (κ1) is 23.1. The molecule has 2 aliphatic heterocycles. The number of carbonyl (C=O) groups excluding carboxylic acids is 1. The topological polar surface area (TPSA) is 83.7 Å². The van der Waals surface area contributed by atoms with Gasteiger partial charge in [0.15, 0.2) is 0 Å².